The lowest BCUT2D eigenvalue weighted by Gasteiger charge is -2.38. The van der Waals surface area contributed by atoms with Crippen LogP contribution in [0.25, 0.3) is 0 Å². The molecule has 4 fully saturated rings. The molecule has 0 amide bonds. The lowest BCUT2D eigenvalue weighted by atomic mass is 9.97. The van der Waals surface area contributed by atoms with Crippen LogP contribution in [0.4, 0.5) is 0 Å². The number of hydrogen-bond acceptors (Lipinski definition) is 2. The van der Waals surface area contributed by atoms with E-state index in [1.165, 1.54) is 58.4 Å². The Hall–Kier alpha value is -0.0800. The molecule has 4 aliphatic rings. The van der Waals surface area contributed by atoms with Crippen LogP contribution in [0, 0.1) is 35.5 Å². The van der Waals surface area contributed by atoms with E-state index < -0.39 is 0 Å². The fraction of sp³-hybridized carbons (Fsp3) is 1.00. The molecular formula is C20H36N2. The second-order valence-electron chi connectivity index (χ2n) is 9.95. The van der Waals surface area contributed by atoms with Crippen LogP contribution in [0.3, 0.4) is 0 Å². The highest BCUT2D eigenvalue weighted by Crippen LogP contribution is 2.54. The summed E-state index contributed by atoms with van der Waals surface area (Å²) in [4.78, 5) is 5.56. The quantitative estimate of drug-likeness (QED) is 0.707. The molecular weight excluding hydrogens is 268 g/mol. The Balaban J connectivity index is 1.17. The second kappa shape index (κ2) is 5.48. The molecule has 4 unspecified atom stereocenters. The molecule has 0 aromatic heterocycles. The minimum Gasteiger partial charge on any atom is -0.303 e. The lowest BCUT2D eigenvalue weighted by molar-refractivity contribution is 0.111. The fourth-order valence-corrected chi connectivity index (χ4v) is 5.36. The van der Waals surface area contributed by atoms with Crippen molar-refractivity contribution in [3.05, 3.63) is 0 Å². The van der Waals surface area contributed by atoms with E-state index in [1.807, 2.05) is 0 Å². The number of hydrogen-bond donors (Lipinski definition) is 0. The van der Waals surface area contributed by atoms with Gasteiger partial charge in [-0.25, -0.2) is 0 Å². The predicted molar refractivity (Wildman–Crippen MR) is 92.8 cm³/mol. The topological polar surface area (TPSA) is 6.48 Å². The average molecular weight is 305 g/mol. The summed E-state index contributed by atoms with van der Waals surface area (Å²) in [6.45, 7) is 16.6. The monoisotopic (exact) mass is 304 g/mol. The molecule has 2 saturated carbocycles. The van der Waals surface area contributed by atoms with Crippen molar-refractivity contribution in [1.82, 2.24) is 9.80 Å². The van der Waals surface area contributed by atoms with Gasteiger partial charge >= 0.3 is 0 Å². The first kappa shape index (κ1) is 15.4. The molecule has 2 heteroatoms. The smallest absolute Gasteiger partial charge is 0.0165 e. The van der Waals surface area contributed by atoms with Crippen molar-refractivity contribution in [2.75, 3.05) is 32.7 Å². The number of piperidine rings is 2. The van der Waals surface area contributed by atoms with Crippen molar-refractivity contribution in [3.63, 3.8) is 0 Å². The van der Waals surface area contributed by atoms with Crippen LogP contribution in [0.2, 0.25) is 0 Å². The van der Waals surface area contributed by atoms with Crippen LogP contribution < -0.4 is 0 Å². The average Bonchev–Trinajstić information content (AvgIpc) is 3.22. The maximum atomic E-state index is 2.79. The van der Waals surface area contributed by atoms with Crippen LogP contribution >= 0.6 is 0 Å². The minimum atomic E-state index is 0.428. The number of nitrogens with zero attached hydrogens (tertiary/aromatic N) is 2. The van der Waals surface area contributed by atoms with Gasteiger partial charge in [0.25, 0.3) is 0 Å². The molecule has 22 heavy (non-hydrogen) atoms. The first-order valence-corrected chi connectivity index (χ1v) is 9.91. The largest absolute Gasteiger partial charge is 0.303 e. The fourth-order valence-electron chi connectivity index (χ4n) is 5.36. The maximum Gasteiger partial charge on any atom is 0.0165 e. The Bertz CT molecular complexity index is 394. The van der Waals surface area contributed by atoms with E-state index in [0.29, 0.717) is 5.54 Å². The molecule has 0 bridgehead atoms. The highest BCUT2D eigenvalue weighted by Gasteiger charge is 2.54. The Morgan fingerprint density at radius 1 is 1.00 bits per heavy atom. The van der Waals surface area contributed by atoms with E-state index in [4.69, 9.17) is 0 Å². The van der Waals surface area contributed by atoms with Crippen molar-refractivity contribution in [3.8, 4) is 0 Å². The van der Waals surface area contributed by atoms with Crippen molar-refractivity contribution in [2.45, 2.75) is 58.9 Å². The predicted octanol–water partition coefficient (Wildman–Crippen LogP) is 3.72. The summed E-state index contributed by atoms with van der Waals surface area (Å²) in [7, 11) is 0. The molecule has 2 nitrogen and oxygen atoms in total. The van der Waals surface area contributed by atoms with E-state index in [2.05, 4.69) is 37.5 Å². The van der Waals surface area contributed by atoms with E-state index >= 15 is 0 Å². The third kappa shape index (κ3) is 2.98. The summed E-state index contributed by atoms with van der Waals surface area (Å²) < 4.78 is 0. The highest BCUT2D eigenvalue weighted by atomic mass is 15.2. The Morgan fingerprint density at radius 2 is 1.64 bits per heavy atom. The molecule has 126 valence electrons. The van der Waals surface area contributed by atoms with Gasteiger partial charge in [0.1, 0.15) is 0 Å². The van der Waals surface area contributed by atoms with Gasteiger partial charge in [0.2, 0.25) is 0 Å². The molecule has 4 atom stereocenters. The van der Waals surface area contributed by atoms with Crippen LogP contribution in [-0.4, -0.2) is 48.1 Å². The summed E-state index contributed by atoms with van der Waals surface area (Å²) in [5.74, 6) is 6.27. The highest BCUT2D eigenvalue weighted by molar-refractivity contribution is 5.05. The molecule has 0 aromatic rings. The summed E-state index contributed by atoms with van der Waals surface area (Å²) in [5, 5.41) is 0. The number of rotatable bonds is 7. The van der Waals surface area contributed by atoms with Gasteiger partial charge in [-0.05, 0) is 75.2 Å². The number of fused-ring (bicyclic) bond motifs is 2. The maximum absolute atomic E-state index is 2.79. The van der Waals surface area contributed by atoms with Gasteiger partial charge in [0.05, 0.1) is 0 Å². The SMILES string of the molecule is CC(C)CCC1C2CN(CCC(C)(C)N3CC4CC4C3)CC12. The van der Waals surface area contributed by atoms with E-state index in [-0.39, 0.29) is 0 Å². The first-order valence-electron chi connectivity index (χ1n) is 9.91. The van der Waals surface area contributed by atoms with E-state index in [0.717, 1.165) is 35.5 Å². The lowest BCUT2D eigenvalue weighted by Crippen LogP contribution is -2.45. The van der Waals surface area contributed by atoms with Crippen molar-refractivity contribution < 1.29 is 0 Å². The molecule has 0 aromatic carbocycles. The molecule has 0 radical (unpaired) electrons. The molecule has 0 spiro atoms. The minimum absolute atomic E-state index is 0.428. The molecule has 2 saturated heterocycles. The van der Waals surface area contributed by atoms with E-state index in [1.54, 1.807) is 0 Å². The standard InChI is InChI=1S/C20H36N2/c1-14(2)5-6-17-18-12-21(13-19(17)18)8-7-20(3,4)22-10-15-9-16(15)11-22/h14-19H,5-13H2,1-4H3. The van der Waals surface area contributed by atoms with Crippen molar-refractivity contribution >= 4 is 0 Å². The molecule has 2 aliphatic heterocycles. The molecule has 2 aliphatic carbocycles. The first-order chi connectivity index (χ1) is 10.4. The van der Waals surface area contributed by atoms with Crippen LogP contribution in [0.1, 0.15) is 53.4 Å². The van der Waals surface area contributed by atoms with Crippen LogP contribution in [-0.2, 0) is 0 Å². The molecule has 2 heterocycles. The molecule has 0 N–H and O–H groups in total. The Labute approximate surface area is 137 Å². The van der Waals surface area contributed by atoms with Gasteiger partial charge in [-0.2, -0.15) is 0 Å². The van der Waals surface area contributed by atoms with Crippen LogP contribution in [0.5, 0.6) is 0 Å². The van der Waals surface area contributed by atoms with Crippen LogP contribution in [0.15, 0.2) is 0 Å². The van der Waals surface area contributed by atoms with E-state index in [9.17, 15) is 0 Å². The zero-order chi connectivity index (χ0) is 15.5. The second-order valence-corrected chi connectivity index (χ2v) is 9.95. The Morgan fingerprint density at radius 3 is 2.23 bits per heavy atom. The summed E-state index contributed by atoms with van der Waals surface area (Å²) in [6, 6.07) is 0. The van der Waals surface area contributed by atoms with Crippen molar-refractivity contribution in [1.29, 1.82) is 0 Å². The van der Waals surface area contributed by atoms with Gasteiger partial charge in [0, 0.05) is 31.7 Å². The summed E-state index contributed by atoms with van der Waals surface area (Å²) in [6.07, 6.45) is 5.84. The zero-order valence-electron chi connectivity index (χ0n) is 15.2. The van der Waals surface area contributed by atoms with Gasteiger partial charge in [0.15, 0.2) is 0 Å². The third-order valence-corrected chi connectivity index (χ3v) is 7.40. The van der Waals surface area contributed by atoms with Gasteiger partial charge in [-0.15, -0.1) is 0 Å². The van der Waals surface area contributed by atoms with Gasteiger partial charge in [-0.3, -0.25) is 4.90 Å². The Kier molecular flexibility index (Phi) is 3.85. The summed E-state index contributed by atoms with van der Waals surface area (Å²) >= 11 is 0. The van der Waals surface area contributed by atoms with Gasteiger partial charge < -0.3 is 4.90 Å². The third-order valence-electron chi connectivity index (χ3n) is 7.40. The molecule has 4 rings (SSSR count). The zero-order valence-corrected chi connectivity index (χ0v) is 15.2. The normalized spacial score (nSPS) is 41.0. The van der Waals surface area contributed by atoms with Gasteiger partial charge in [-0.1, -0.05) is 20.3 Å². The summed E-state index contributed by atoms with van der Waals surface area (Å²) in [5.41, 5.74) is 0.428. The van der Waals surface area contributed by atoms with Crippen molar-refractivity contribution in [2.24, 2.45) is 35.5 Å². The number of likely N-dealkylation sites (tertiary alicyclic amines) is 2.